The number of carbonyl (C=O) groups excluding carboxylic acids is 2. The van der Waals surface area contributed by atoms with Gasteiger partial charge in [-0.25, -0.2) is 0 Å². The molecule has 0 atom stereocenters. The summed E-state index contributed by atoms with van der Waals surface area (Å²) < 4.78 is 70.2. The van der Waals surface area contributed by atoms with Gasteiger partial charge in [0, 0.05) is 0 Å². The first kappa shape index (κ1) is 77.6. The molecule has 0 amide bonds. The van der Waals surface area contributed by atoms with E-state index in [9.17, 15) is 9.59 Å². The van der Waals surface area contributed by atoms with Crippen molar-refractivity contribution >= 4 is 168 Å². The number of hydrogen-bond acceptors (Lipinski definition) is 21. The molecule has 8 aromatic heterocycles. The van der Waals surface area contributed by atoms with Gasteiger partial charge < -0.3 is 0 Å². The van der Waals surface area contributed by atoms with E-state index in [4.69, 9.17) is 57.5 Å². The third kappa shape index (κ3) is 19.1. The fourth-order valence-corrected chi connectivity index (χ4v) is 26.5. The summed E-state index contributed by atoms with van der Waals surface area (Å²) >= 11 is -14.8. The van der Waals surface area contributed by atoms with Gasteiger partial charge in [0.15, 0.2) is 0 Å². The first-order valence-electron chi connectivity index (χ1n) is 36.3. The maximum atomic E-state index is 12.7. The van der Waals surface area contributed by atoms with Crippen LogP contribution in [0.1, 0.15) is 73.2 Å². The molecule has 0 aliphatic rings. The first-order valence-corrected chi connectivity index (χ1v) is 48.2. The molecule has 0 saturated heterocycles. The van der Waals surface area contributed by atoms with Crippen LogP contribution < -0.4 is 28.2 Å². The fourth-order valence-electron chi connectivity index (χ4n) is 12.1. The molecule has 8 heterocycles. The Kier molecular flexibility index (Phi) is 24.0. The summed E-state index contributed by atoms with van der Waals surface area (Å²) in [5.41, 5.74) is 12.1. The average molecular weight is 1720 g/mol. The van der Waals surface area contributed by atoms with E-state index < -0.39 is 80.6 Å². The van der Waals surface area contributed by atoms with Gasteiger partial charge in [0.25, 0.3) is 0 Å². The standard InChI is InChI=1S/8C10H9NO.C5H10O2.C2H4O2.4Ga.O/c8*1-7-5-6-8-3-2-4-9(12)10(8)11-7;1-5(2,3)4(6)7;1-2(3)4;;;;;/h8*2-6,12H,1H3;1-3H3,(H,6,7);1H3,(H,3,4);;;;;/q;;;;;;;;;;2*+2;2*+3;/p-10. The summed E-state index contributed by atoms with van der Waals surface area (Å²) in [4.78, 5) is 62.1. The van der Waals surface area contributed by atoms with Gasteiger partial charge in [-0.1, -0.05) is 0 Å². The monoisotopic (exact) mass is 1720 g/mol. The van der Waals surface area contributed by atoms with Crippen LogP contribution >= 0.6 is 0 Å². The van der Waals surface area contributed by atoms with Crippen LogP contribution in [0.15, 0.2) is 243 Å². The number of rotatable bonds is 20. The molecule has 25 heteroatoms. The Morgan fingerprint density at radius 2 is 0.411 bits per heavy atom. The van der Waals surface area contributed by atoms with Crippen molar-refractivity contribution in [2.75, 3.05) is 0 Å². The van der Waals surface area contributed by atoms with Crippen LogP contribution in [0.25, 0.3) is 87.2 Å². The van der Waals surface area contributed by atoms with Crippen molar-refractivity contribution in [2.45, 2.75) is 83.1 Å². The number of nitrogens with zero attached hydrogens (tertiary/aromatic N) is 8. The number of para-hydroxylation sites is 8. The van der Waals surface area contributed by atoms with E-state index in [1.165, 1.54) is 6.92 Å². The Hall–Kier alpha value is -11.1. The molecule has 0 fully saturated rings. The summed E-state index contributed by atoms with van der Waals surface area (Å²) in [6.07, 6.45) is 0. The summed E-state index contributed by atoms with van der Waals surface area (Å²) in [5, 5.41) is 7.56. The maximum absolute atomic E-state index is 12.7. The number of pyridine rings is 8. The minimum absolute atomic E-state index is 0.365. The number of fused-ring (bicyclic) bond motifs is 8. The van der Waals surface area contributed by atoms with Gasteiger partial charge in [0.2, 0.25) is 0 Å². The zero-order valence-electron chi connectivity index (χ0n) is 63.8. The number of aryl methyl sites for hydroxylation is 8. The van der Waals surface area contributed by atoms with Crippen molar-refractivity contribution in [1.82, 2.24) is 39.9 Å². The fraction of sp³-hybridized carbons (Fsp3) is 0.149. The molecular formula is C87H76Ga4N8O13. The summed E-state index contributed by atoms with van der Waals surface area (Å²) in [6, 6.07) is 77.8. The van der Waals surface area contributed by atoms with Gasteiger partial charge in [0.1, 0.15) is 0 Å². The molecule has 554 valence electrons. The van der Waals surface area contributed by atoms with E-state index in [1.54, 1.807) is 20.8 Å². The molecule has 0 spiro atoms. The number of aromatic nitrogens is 8. The van der Waals surface area contributed by atoms with Crippen LogP contribution in [0.2, 0.25) is 0 Å². The third-order valence-electron chi connectivity index (χ3n) is 17.7. The summed E-state index contributed by atoms with van der Waals surface area (Å²) in [6.45, 7) is 22.3. The molecule has 16 aromatic rings. The Bertz CT molecular complexity index is 5700. The molecule has 8 aromatic carbocycles. The predicted octanol–water partition coefficient (Wildman–Crippen LogP) is 18.6. The quantitative estimate of drug-likeness (QED) is 0.0644. The van der Waals surface area contributed by atoms with Crippen LogP contribution in [-0.2, 0) is 19.0 Å². The van der Waals surface area contributed by atoms with E-state index in [-0.39, 0.29) is 5.97 Å². The normalized spacial score (nSPS) is 11.1. The van der Waals surface area contributed by atoms with Crippen LogP contribution in [0.3, 0.4) is 0 Å². The van der Waals surface area contributed by atoms with Crippen molar-refractivity contribution in [1.29, 1.82) is 0 Å². The molecule has 0 N–H and O–H groups in total. The third-order valence-corrected chi connectivity index (χ3v) is 32.9. The molecule has 0 aliphatic carbocycles. The molecule has 0 aliphatic heterocycles. The van der Waals surface area contributed by atoms with Gasteiger partial charge >= 0.3 is 678 Å². The van der Waals surface area contributed by atoms with Gasteiger partial charge in [-0.2, -0.15) is 0 Å². The van der Waals surface area contributed by atoms with Crippen LogP contribution in [-0.4, -0.2) is 121 Å². The van der Waals surface area contributed by atoms with Crippen LogP contribution in [0, 0.1) is 60.8 Å². The zero-order chi connectivity index (χ0) is 78.2. The van der Waals surface area contributed by atoms with Gasteiger partial charge in [0.05, 0.1) is 0 Å². The van der Waals surface area contributed by atoms with Gasteiger partial charge in [-0.05, 0) is 0 Å². The topological polar surface area (TPSA) is 239 Å². The minimum atomic E-state index is -3.87. The van der Waals surface area contributed by atoms with Crippen molar-refractivity contribution in [3.8, 4) is 46.0 Å². The Balaban J connectivity index is 0.000000148. The predicted molar refractivity (Wildman–Crippen MR) is 438 cm³/mol. The van der Waals surface area contributed by atoms with E-state index in [2.05, 4.69) is 19.9 Å². The second-order valence-corrected chi connectivity index (χ2v) is 41.1. The SMILES string of the molecule is CC(=O)[O][Ga]([O]c1cccc2ccc(C)nc12)[O]c1cccc2ccc(C)nc12.Cc1ccc2cccc([O][Ga]([O]C(=O)C(C)(C)C)[O]c3cccc4ccc(C)nc34)c2n1.Cc1ccc2cccc([O][Ga]([O]c3cccc4ccc(C)nc34)[O][Ga]([O]c3cccc4ccc(C)nc34)[O]c3cccc4ccc(C)nc34)c2n1. The average Bonchev–Trinajstić information content (AvgIpc) is 0.803. The first-order chi connectivity index (χ1) is 54.1. The summed E-state index contributed by atoms with van der Waals surface area (Å²) in [5.74, 6) is 3.63. The van der Waals surface area contributed by atoms with E-state index >= 15 is 0 Å². The number of carbonyl (C=O) groups is 2. The molecule has 0 bridgehead atoms. The van der Waals surface area contributed by atoms with E-state index in [0.29, 0.717) is 68.1 Å². The molecule has 0 saturated carbocycles. The van der Waals surface area contributed by atoms with Crippen molar-refractivity contribution in [3.63, 3.8) is 0 Å². The van der Waals surface area contributed by atoms with Crippen LogP contribution in [0.5, 0.6) is 46.0 Å². The van der Waals surface area contributed by atoms with E-state index in [0.717, 1.165) is 111 Å². The van der Waals surface area contributed by atoms with Crippen molar-refractivity contribution in [2.24, 2.45) is 5.41 Å². The molecule has 112 heavy (non-hydrogen) atoms. The Morgan fingerprint density at radius 1 is 0.241 bits per heavy atom. The molecule has 0 radical (unpaired) electrons. The molecule has 21 nitrogen and oxygen atoms in total. The van der Waals surface area contributed by atoms with Crippen LogP contribution in [0.4, 0.5) is 0 Å². The second kappa shape index (κ2) is 34.7. The van der Waals surface area contributed by atoms with Crippen molar-refractivity contribution < 1.29 is 47.2 Å². The summed E-state index contributed by atoms with van der Waals surface area (Å²) in [7, 11) is 0. The Labute approximate surface area is 672 Å². The number of hydrogen-bond donors (Lipinski definition) is 0. The van der Waals surface area contributed by atoms with E-state index in [1.807, 2.05) is 298 Å². The molecule has 16 rings (SSSR count). The zero-order valence-corrected chi connectivity index (χ0v) is 73.5. The van der Waals surface area contributed by atoms with Crippen molar-refractivity contribution in [3.05, 3.63) is 288 Å². The molecule has 0 unspecified atom stereocenters. The second-order valence-electron chi connectivity index (χ2n) is 27.7. The van der Waals surface area contributed by atoms with Gasteiger partial charge in [-0.3, -0.25) is 0 Å². The van der Waals surface area contributed by atoms with Gasteiger partial charge in [-0.15, -0.1) is 0 Å². The number of benzene rings is 8. The molecular weight excluding hydrogens is 1640 g/mol. The Morgan fingerprint density at radius 3 is 0.580 bits per heavy atom.